The van der Waals surface area contributed by atoms with E-state index in [1.54, 1.807) is 17.0 Å². The zero-order valence-corrected chi connectivity index (χ0v) is 22.1. The summed E-state index contributed by atoms with van der Waals surface area (Å²) in [6.45, 7) is 6.65. The van der Waals surface area contributed by atoms with Crippen molar-refractivity contribution in [3.05, 3.63) is 48.0 Å². The van der Waals surface area contributed by atoms with Crippen molar-refractivity contribution in [3.8, 4) is 11.3 Å². The van der Waals surface area contributed by atoms with E-state index in [1.165, 1.54) is 16.9 Å². The fourth-order valence-electron chi connectivity index (χ4n) is 5.12. The number of carbonyl (C=O) groups excluding carboxylic acids is 1. The van der Waals surface area contributed by atoms with Gasteiger partial charge in [0.25, 0.3) is 0 Å². The number of sulfonamides is 1. The molecule has 2 aromatic carbocycles. The lowest BCUT2D eigenvalue weighted by Gasteiger charge is -2.33. The number of H-pyrrole nitrogens is 1. The Morgan fingerprint density at radius 1 is 0.972 bits per heavy atom. The number of rotatable bonds is 6. The normalized spacial score (nSPS) is 17.4. The molecule has 192 valence electrons. The summed E-state index contributed by atoms with van der Waals surface area (Å²) in [5, 5.41) is 1.09. The lowest BCUT2D eigenvalue weighted by molar-refractivity contribution is -0.132. The fraction of sp³-hybridized carbons (Fsp3) is 0.444. The van der Waals surface area contributed by atoms with Crippen LogP contribution in [0.5, 0.6) is 0 Å². The Hall–Kier alpha value is -2.88. The molecule has 2 aliphatic heterocycles. The Labute approximate surface area is 213 Å². The van der Waals surface area contributed by atoms with Crippen LogP contribution in [0.2, 0.25) is 0 Å². The van der Waals surface area contributed by atoms with Crippen LogP contribution < -0.4 is 4.90 Å². The summed E-state index contributed by atoms with van der Waals surface area (Å²) in [6.07, 6.45) is 2.26. The number of benzene rings is 2. The summed E-state index contributed by atoms with van der Waals surface area (Å²) in [5.41, 5.74) is 4.99. The molecule has 0 aliphatic carbocycles. The Bertz CT molecular complexity index is 1370. The third kappa shape index (κ3) is 4.87. The lowest BCUT2D eigenvalue weighted by Crippen LogP contribution is -2.50. The average molecular weight is 510 g/mol. The van der Waals surface area contributed by atoms with Gasteiger partial charge in [-0.25, -0.2) is 8.42 Å². The average Bonchev–Trinajstić information content (AvgIpc) is 3.54. The van der Waals surface area contributed by atoms with Crippen LogP contribution in [0, 0.1) is 6.92 Å². The van der Waals surface area contributed by atoms with Gasteiger partial charge in [0.15, 0.2) is 0 Å². The first kappa shape index (κ1) is 24.8. The maximum atomic E-state index is 13.6. The second-order valence-corrected chi connectivity index (χ2v) is 12.1. The standard InChI is InChI=1S/C27H35N5O3S/c1-20-6-7-21-17-25(28-24(21)16-20)23-18-22(8-9-26(23)31-10-4-5-11-31)36(34,35)30(3)19-27(33)32-14-12-29(2)13-15-32/h6-9,16-18,28H,4-5,10-15,19H2,1-3H3. The molecule has 8 nitrogen and oxygen atoms in total. The van der Waals surface area contributed by atoms with Crippen molar-refractivity contribution in [2.45, 2.75) is 24.7 Å². The number of fused-ring (bicyclic) bond motifs is 1. The second-order valence-electron chi connectivity index (χ2n) is 10.1. The molecule has 3 aromatic rings. The Morgan fingerprint density at radius 2 is 1.69 bits per heavy atom. The zero-order valence-electron chi connectivity index (χ0n) is 21.3. The zero-order chi connectivity index (χ0) is 25.4. The molecule has 1 amide bonds. The van der Waals surface area contributed by atoms with Gasteiger partial charge >= 0.3 is 0 Å². The molecule has 2 aliphatic rings. The van der Waals surface area contributed by atoms with Crippen molar-refractivity contribution in [3.63, 3.8) is 0 Å². The van der Waals surface area contributed by atoms with Crippen LogP contribution >= 0.6 is 0 Å². The molecule has 3 heterocycles. The SMILES string of the molecule is Cc1ccc2cc(-c3cc(S(=O)(=O)N(C)CC(=O)N4CCN(C)CC4)ccc3N3CCCC3)[nH]c2c1. The van der Waals surface area contributed by atoms with Crippen LogP contribution in [0.1, 0.15) is 18.4 Å². The van der Waals surface area contributed by atoms with E-state index in [0.29, 0.717) is 13.1 Å². The predicted molar refractivity (Wildman–Crippen MR) is 144 cm³/mol. The van der Waals surface area contributed by atoms with Crippen molar-refractivity contribution in [1.82, 2.24) is 19.1 Å². The minimum Gasteiger partial charge on any atom is -0.371 e. The Kier molecular flexibility index (Phi) is 6.80. The van der Waals surface area contributed by atoms with E-state index in [4.69, 9.17) is 0 Å². The molecule has 0 radical (unpaired) electrons. The summed E-state index contributed by atoms with van der Waals surface area (Å²) in [7, 11) is -0.335. The van der Waals surface area contributed by atoms with Crippen LogP contribution in [0.3, 0.4) is 0 Å². The number of amides is 1. The summed E-state index contributed by atoms with van der Waals surface area (Å²) in [4.78, 5) is 22.8. The number of nitrogens with zero attached hydrogens (tertiary/aromatic N) is 4. The van der Waals surface area contributed by atoms with Gasteiger partial charge in [0.1, 0.15) is 0 Å². The fourth-order valence-corrected chi connectivity index (χ4v) is 6.27. The molecule has 5 rings (SSSR count). The molecule has 1 N–H and O–H groups in total. The molecule has 0 atom stereocenters. The number of carbonyl (C=O) groups is 1. The third-order valence-corrected chi connectivity index (χ3v) is 9.20. The maximum Gasteiger partial charge on any atom is 0.243 e. The Balaban J connectivity index is 1.47. The number of nitrogens with one attached hydrogen (secondary N) is 1. The van der Waals surface area contributed by atoms with Gasteiger partial charge in [-0.15, -0.1) is 0 Å². The number of aromatic nitrogens is 1. The van der Waals surface area contributed by atoms with Crippen LogP contribution in [0.4, 0.5) is 5.69 Å². The van der Waals surface area contributed by atoms with Crippen molar-refractivity contribution >= 4 is 32.5 Å². The van der Waals surface area contributed by atoms with E-state index < -0.39 is 10.0 Å². The van der Waals surface area contributed by atoms with Gasteiger partial charge in [-0.05, 0) is 62.7 Å². The smallest absolute Gasteiger partial charge is 0.243 e. The molecule has 9 heteroatoms. The lowest BCUT2D eigenvalue weighted by atomic mass is 10.1. The van der Waals surface area contributed by atoms with Gasteiger partial charge < -0.3 is 19.7 Å². The minimum atomic E-state index is -3.85. The van der Waals surface area contributed by atoms with Crippen molar-refractivity contribution in [2.24, 2.45) is 0 Å². The van der Waals surface area contributed by atoms with Gasteiger partial charge in [-0.3, -0.25) is 4.79 Å². The molecular formula is C27H35N5O3S. The molecule has 2 fully saturated rings. The number of likely N-dealkylation sites (N-methyl/N-ethyl adjacent to an activating group) is 2. The number of hydrogen-bond donors (Lipinski definition) is 1. The van der Waals surface area contributed by atoms with Gasteiger partial charge in [-0.2, -0.15) is 4.31 Å². The second kappa shape index (κ2) is 9.88. The molecule has 0 saturated carbocycles. The molecule has 0 bridgehead atoms. The van der Waals surface area contributed by atoms with E-state index in [-0.39, 0.29) is 17.3 Å². The van der Waals surface area contributed by atoms with Crippen LogP contribution in [0.25, 0.3) is 22.2 Å². The van der Waals surface area contributed by atoms with Crippen molar-refractivity contribution in [1.29, 1.82) is 0 Å². The van der Waals surface area contributed by atoms with E-state index in [2.05, 4.69) is 46.0 Å². The quantitative estimate of drug-likeness (QED) is 0.552. The Morgan fingerprint density at radius 3 is 2.42 bits per heavy atom. The third-order valence-electron chi connectivity index (χ3n) is 7.40. The van der Waals surface area contributed by atoms with Gasteiger partial charge in [0.05, 0.1) is 11.4 Å². The highest BCUT2D eigenvalue weighted by molar-refractivity contribution is 7.89. The minimum absolute atomic E-state index is 0.158. The summed E-state index contributed by atoms with van der Waals surface area (Å²) in [6, 6.07) is 13.7. The first-order valence-corrected chi connectivity index (χ1v) is 14.1. The number of hydrogen-bond acceptors (Lipinski definition) is 5. The number of anilines is 1. The van der Waals surface area contributed by atoms with E-state index in [9.17, 15) is 13.2 Å². The number of aromatic amines is 1. The van der Waals surface area contributed by atoms with Gasteiger partial charge in [0, 0.05) is 74.2 Å². The number of aryl methyl sites for hydroxylation is 1. The monoisotopic (exact) mass is 509 g/mol. The highest BCUT2D eigenvalue weighted by Crippen LogP contribution is 2.36. The van der Waals surface area contributed by atoms with Gasteiger partial charge in [-0.1, -0.05) is 12.1 Å². The molecular weight excluding hydrogens is 474 g/mol. The highest BCUT2D eigenvalue weighted by atomic mass is 32.2. The van der Waals surface area contributed by atoms with E-state index >= 15 is 0 Å². The number of piperazine rings is 1. The van der Waals surface area contributed by atoms with Gasteiger partial charge in [0.2, 0.25) is 15.9 Å². The topological polar surface area (TPSA) is 80.0 Å². The molecule has 0 unspecified atom stereocenters. The largest absolute Gasteiger partial charge is 0.371 e. The summed E-state index contributed by atoms with van der Waals surface area (Å²) >= 11 is 0. The molecule has 0 spiro atoms. The first-order valence-electron chi connectivity index (χ1n) is 12.6. The van der Waals surface area contributed by atoms with Crippen LogP contribution in [-0.2, 0) is 14.8 Å². The predicted octanol–water partition coefficient (Wildman–Crippen LogP) is 3.14. The highest BCUT2D eigenvalue weighted by Gasteiger charge is 2.28. The van der Waals surface area contributed by atoms with E-state index in [0.717, 1.165) is 66.9 Å². The van der Waals surface area contributed by atoms with Crippen molar-refractivity contribution < 1.29 is 13.2 Å². The van der Waals surface area contributed by atoms with Crippen molar-refractivity contribution in [2.75, 3.05) is 64.8 Å². The van der Waals surface area contributed by atoms with Crippen LogP contribution in [0.15, 0.2) is 47.4 Å². The molecule has 36 heavy (non-hydrogen) atoms. The first-order chi connectivity index (χ1) is 17.2. The van der Waals surface area contributed by atoms with Crippen LogP contribution in [-0.4, -0.2) is 93.3 Å². The summed E-state index contributed by atoms with van der Waals surface area (Å²) < 4.78 is 28.3. The molecule has 2 saturated heterocycles. The van der Waals surface area contributed by atoms with E-state index in [1.807, 2.05) is 13.1 Å². The molecule has 1 aromatic heterocycles. The summed E-state index contributed by atoms with van der Waals surface area (Å²) in [5.74, 6) is -0.158. The maximum absolute atomic E-state index is 13.6.